The van der Waals surface area contributed by atoms with E-state index in [4.69, 9.17) is 5.73 Å². The maximum Gasteiger partial charge on any atom is 0.251 e. The molecule has 1 saturated heterocycles. The van der Waals surface area contributed by atoms with Gasteiger partial charge in [0.15, 0.2) is 0 Å². The quantitative estimate of drug-likeness (QED) is 0.863. The first-order valence-corrected chi connectivity index (χ1v) is 6.90. The van der Waals surface area contributed by atoms with Crippen LogP contribution in [-0.2, 0) is 6.54 Å². The van der Waals surface area contributed by atoms with E-state index < -0.39 is 0 Å². The van der Waals surface area contributed by atoms with E-state index in [2.05, 4.69) is 24.2 Å². The summed E-state index contributed by atoms with van der Waals surface area (Å²) in [5, 5.41) is 3.13. The van der Waals surface area contributed by atoms with Gasteiger partial charge in [-0.1, -0.05) is 12.1 Å². The first-order valence-electron chi connectivity index (χ1n) is 6.90. The number of hydrogen-bond donors (Lipinski definition) is 2. The zero-order valence-electron chi connectivity index (χ0n) is 11.7. The Bertz CT molecular complexity index is 430. The van der Waals surface area contributed by atoms with E-state index in [9.17, 15) is 4.79 Å². The van der Waals surface area contributed by atoms with Gasteiger partial charge in [-0.05, 0) is 44.5 Å². The summed E-state index contributed by atoms with van der Waals surface area (Å²) in [6.45, 7) is 3.75. The Hall–Kier alpha value is -1.39. The van der Waals surface area contributed by atoms with E-state index in [1.165, 1.54) is 0 Å². The van der Waals surface area contributed by atoms with Crippen LogP contribution in [0.4, 0.5) is 0 Å². The predicted molar refractivity (Wildman–Crippen MR) is 76.9 cm³/mol. The second kappa shape index (κ2) is 6.17. The van der Waals surface area contributed by atoms with Crippen molar-refractivity contribution < 1.29 is 4.79 Å². The number of rotatable bonds is 3. The van der Waals surface area contributed by atoms with Crippen LogP contribution in [0.3, 0.4) is 0 Å². The van der Waals surface area contributed by atoms with Crippen LogP contribution in [0, 0.1) is 0 Å². The molecule has 0 bridgehead atoms. The number of likely N-dealkylation sites (tertiary alicyclic amines) is 1. The fourth-order valence-corrected chi connectivity index (χ4v) is 2.48. The van der Waals surface area contributed by atoms with E-state index in [0.29, 0.717) is 18.2 Å². The zero-order chi connectivity index (χ0) is 13.8. The van der Waals surface area contributed by atoms with Crippen LogP contribution in [0.1, 0.15) is 35.7 Å². The third kappa shape index (κ3) is 3.55. The second-order valence-corrected chi connectivity index (χ2v) is 5.43. The molecule has 2 unspecified atom stereocenters. The summed E-state index contributed by atoms with van der Waals surface area (Å²) in [7, 11) is 2.13. The molecule has 0 saturated carbocycles. The van der Waals surface area contributed by atoms with Gasteiger partial charge >= 0.3 is 0 Å². The molecule has 4 heteroatoms. The smallest absolute Gasteiger partial charge is 0.251 e. The van der Waals surface area contributed by atoms with Crippen molar-refractivity contribution in [2.75, 3.05) is 13.6 Å². The first-order chi connectivity index (χ1) is 9.10. The molecule has 1 heterocycles. The Balaban J connectivity index is 1.93. The summed E-state index contributed by atoms with van der Waals surface area (Å²) in [6.07, 6.45) is 2.04. The number of carbonyl (C=O) groups excluding carboxylic acids is 1. The number of benzene rings is 1. The van der Waals surface area contributed by atoms with Crippen molar-refractivity contribution in [2.24, 2.45) is 5.73 Å². The highest BCUT2D eigenvalue weighted by Crippen LogP contribution is 2.16. The Morgan fingerprint density at radius 2 is 2.11 bits per heavy atom. The second-order valence-electron chi connectivity index (χ2n) is 5.43. The molecule has 1 amide bonds. The topological polar surface area (TPSA) is 58.4 Å². The fraction of sp³-hybridized carbons (Fsp3) is 0.533. The zero-order valence-corrected chi connectivity index (χ0v) is 11.7. The van der Waals surface area contributed by atoms with Crippen molar-refractivity contribution in [1.82, 2.24) is 10.2 Å². The lowest BCUT2D eigenvalue weighted by molar-refractivity contribution is 0.0896. The van der Waals surface area contributed by atoms with Gasteiger partial charge in [0.2, 0.25) is 0 Å². The molecule has 1 fully saturated rings. The molecular weight excluding hydrogens is 238 g/mol. The van der Waals surface area contributed by atoms with Crippen LogP contribution in [0.25, 0.3) is 0 Å². The highest BCUT2D eigenvalue weighted by molar-refractivity contribution is 5.94. The van der Waals surface area contributed by atoms with Gasteiger partial charge < -0.3 is 16.0 Å². The molecule has 2 atom stereocenters. The monoisotopic (exact) mass is 261 g/mol. The number of nitrogens with zero attached hydrogens (tertiary/aromatic N) is 1. The third-order valence-corrected chi connectivity index (χ3v) is 4.00. The average molecular weight is 261 g/mol. The molecule has 1 aliphatic heterocycles. The Labute approximate surface area is 115 Å². The van der Waals surface area contributed by atoms with Crippen molar-refractivity contribution in [1.29, 1.82) is 0 Å². The molecule has 0 aromatic heterocycles. The Morgan fingerprint density at radius 3 is 2.68 bits per heavy atom. The maximum absolute atomic E-state index is 12.1. The maximum atomic E-state index is 12.1. The largest absolute Gasteiger partial charge is 0.349 e. The minimum atomic E-state index is 0.0188. The number of nitrogens with one attached hydrogen (secondary N) is 1. The third-order valence-electron chi connectivity index (χ3n) is 4.00. The van der Waals surface area contributed by atoms with Crippen LogP contribution in [0.15, 0.2) is 24.3 Å². The minimum absolute atomic E-state index is 0.0188. The molecule has 19 heavy (non-hydrogen) atoms. The molecule has 0 radical (unpaired) electrons. The summed E-state index contributed by atoms with van der Waals surface area (Å²) in [4.78, 5) is 14.5. The number of amides is 1. The lowest BCUT2D eigenvalue weighted by Crippen LogP contribution is -2.47. The minimum Gasteiger partial charge on any atom is -0.349 e. The van der Waals surface area contributed by atoms with E-state index in [1.54, 1.807) is 0 Å². The van der Waals surface area contributed by atoms with Crippen LogP contribution < -0.4 is 11.1 Å². The molecule has 104 valence electrons. The first kappa shape index (κ1) is 14.0. The van der Waals surface area contributed by atoms with Crippen molar-refractivity contribution >= 4 is 5.91 Å². The van der Waals surface area contributed by atoms with Gasteiger partial charge in [0, 0.05) is 30.7 Å². The summed E-state index contributed by atoms with van der Waals surface area (Å²) in [6, 6.07) is 8.32. The van der Waals surface area contributed by atoms with E-state index in [0.717, 1.165) is 24.9 Å². The molecular formula is C15H23N3O. The normalized spacial score (nSPS) is 24.2. The molecule has 1 aromatic carbocycles. The van der Waals surface area contributed by atoms with Crippen molar-refractivity contribution in [3.05, 3.63) is 35.4 Å². The van der Waals surface area contributed by atoms with Gasteiger partial charge in [0.25, 0.3) is 5.91 Å². The van der Waals surface area contributed by atoms with Gasteiger partial charge in [0.1, 0.15) is 0 Å². The Kier molecular flexibility index (Phi) is 4.56. The summed E-state index contributed by atoms with van der Waals surface area (Å²) in [5.41, 5.74) is 7.31. The van der Waals surface area contributed by atoms with Crippen molar-refractivity contribution in [2.45, 2.75) is 38.4 Å². The van der Waals surface area contributed by atoms with Gasteiger partial charge in [-0.15, -0.1) is 0 Å². The van der Waals surface area contributed by atoms with Crippen molar-refractivity contribution in [3.8, 4) is 0 Å². The van der Waals surface area contributed by atoms with Crippen LogP contribution in [0.2, 0.25) is 0 Å². The van der Waals surface area contributed by atoms with Gasteiger partial charge in [-0.3, -0.25) is 4.79 Å². The molecule has 4 nitrogen and oxygen atoms in total. The molecule has 1 aliphatic rings. The Morgan fingerprint density at radius 1 is 1.42 bits per heavy atom. The standard InChI is InChI=1S/C15H23N3O/c1-11-9-14(7-8-18(11)2)17-15(19)13-5-3-12(10-16)4-6-13/h3-6,11,14H,7-10,16H2,1-2H3,(H,17,19). The van der Waals surface area contributed by atoms with Gasteiger partial charge in [-0.2, -0.15) is 0 Å². The fourth-order valence-electron chi connectivity index (χ4n) is 2.48. The summed E-state index contributed by atoms with van der Waals surface area (Å²) in [5.74, 6) is 0.0188. The van der Waals surface area contributed by atoms with Crippen LogP contribution in [0.5, 0.6) is 0 Å². The average Bonchev–Trinajstić information content (AvgIpc) is 2.43. The van der Waals surface area contributed by atoms with Crippen LogP contribution >= 0.6 is 0 Å². The number of piperidine rings is 1. The van der Waals surface area contributed by atoms with E-state index in [1.807, 2.05) is 24.3 Å². The number of carbonyl (C=O) groups is 1. The van der Waals surface area contributed by atoms with Crippen LogP contribution in [-0.4, -0.2) is 36.5 Å². The number of nitrogens with two attached hydrogens (primary N) is 1. The summed E-state index contributed by atoms with van der Waals surface area (Å²) >= 11 is 0. The predicted octanol–water partition coefficient (Wildman–Crippen LogP) is 1.36. The molecule has 1 aromatic rings. The SMILES string of the molecule is CC1CC(NC(=O)c2ccc(CN)cc2)CCN1C. The summed E-state index contributed by atoms with van der Waals surface area (Å²) < 4.78 is 0. The van der Waals surface area contributed by atoms with E-state index in [-0.39, 0.29) is 11.9 Å². The molecule has 2 rings (SSSR count). The van der Waals surface area contributed by atoms with Gasteiger partial charge in [0.05, 0.1) is 0 Å². The van der Waals surface area contributed by atoms with Gasteiger partial charge in [-0.25, -0.2) is 0 Å². The number of hydrogen-bond acceptors (Lipinski definition) is 3. The molecule has 0 aliphatic carbocycles. The van der Waals surface area contributed by atoms with E-state index >= 15 is 0 Å². The van der Waals surface area contributed by atoms with Crippen molar-refractivity contribution in [3.63, 3.8) is 0 Å². The molecule has 0 spiro atoms. The highest BCUT2D eigenvalue weighted by Gasteiger charge is 2.24. The highest BCUT2D eigenvalue weighted by atomic mass is 16.1. The lowest BCUT2D eigenvalue weighted by atomic mass is 9.98. The molecule has 3 N–H and O–H groups in total. The lowest BCUT2D eigenvalue weighted by Gasteiger charge is -2.35.